The van der Waals surface area contributed by atoms with Crippen LogP contribution in [0.2, 0.25) is 0 Å². The summed E-state index contributed by atoms with van der Waals surface area (Å²) in [6.45, 7) is 4.51. The minimum Gasteiger partial charge on any atom is -0.370 e. The molecular weight excluding hydrogens is 266 g/mol. The number of carbonyl (C=O) groups is 1. The normalized spacial score (nSPS) is 10.5. The average molecular weight is 285 g/mol. The van der Waals surface area contributed by atoms with E-state index < -0.39 is 10.8 Å². The van der Waals surface area contributed by atoms with Crippen LogP contribution in [0.15, 0.2) is 0 Å². The summed E-state index contributed by atoms with van der Waals surface area (Å²) in [5, 5.41) is 18.1. The largest absolute Gasteiger partial charge is 0.370 e. The standard InChI is InChI=1S/C11H19N5O4/c1-3-5-15-11(10(16(18)19)8(2)14-15)13-4-6-20-7-9(12)17/h13H,3-7H2,1-2H3,(H2,12,17). The number of anilines is 1. The highest BCUT2D eigenvalue weighted by Crippen LogP contribution is 2.28. The Kier molecular flexibility index (Phi) is 5.91. The lowest BCUT2D eigenvalue weighted by atomic mass is 10.4. The van der Waals surface area contributed by atoms with E-state index in [1.165, 1.54) is 0 Å². The van der Waals surface area contributed by atoms with Gasteiger partial charge in [0.1, 0.15) is 12.3 Å². The number of amides is 1. The van der Waals surface area contributed by atoms with Gasteiger partial charge in [-0.25, -0.2) is 4.68 Å². The molecule has 112 valence electrons. The van der Waals surface area contributed by atoms with Gasteiger partial charge >= 0.3 is 5.69 Å². The average Bonchev–Trinajstić information content (AvgIpc) is 2.65. The number of nitrogens with two attached hydrogens (primary N) is 1. The highest BCUT2D eigenvalue weighted by atomic mass is 16.6. The number of aromatic nitrogens is 2. The van der Waals surface area contributed by atoms with Gasteiger partial charge in [0.25, 0.3) is 0 Å². The fourth-order valence-corrected chi connectivity index (χ4v) is 1.75. The summed E-state index contributed by atoms with van der Waals surface area (Å²) in [6.07, 6.45) is 0.811. The van der Waals surface area contributed by atoms with E-state index in [2.05, 4.69) is 10.4 Å². The maximum Gasteiger partial charge on any atom is 0.333 e. The minimum atomic E-state index is -0.553. The van der Waals surface area contributed by atoms with Crippen molar-refractivity contribution in [2.45, 2.75) is 26.8 Å². The molecule has 9 heteroatoms. The van der Waals surface area contributed by atoms with Gasteiger partial charge in [-0.15, -0.1) is 0 Å². The molecule has 1 rings (SSSR count). The first kappa shape index (κ1) is 15.9. The second kappa shape index (κ2) is 7.43. The zero-order valence-corrected chi connectivity index (χ0v) is 11.6. The predicted octanol–water partition coefficient (Wildman–Crippen LogP) is 0.424. The van der Waals surface area contributed by atoms with Crippen molar-refractivity contribution in [3.05, 3.63) is 15.8 Å². The Morgan fingerprint density at radius 1 is 1.60 bits per heavy atom. The van der Waals surface area contributed by atoms with Crippen LogP contribution in [0.1, 0.15) is 19.0 Å². The molecule has 20 heavy (non-hydrogen) atoms. The molecule has 0 radical (unpaired) electrons. The van der Waals surface area contributed by atoms with Crippen molar-refractivity contribution in [2.75, 3.05) is 25.1 Å². The maximum absolute atomic E-state index is 11.1. The predicted molar refractivity (Wildman–Crippen MR) is 72.4 cm³/mol. The molecule has 0 aliphatic heterocycles. The Balaban J connectivity index is 2.70. The smallest absolute Gasteiger partial charge is 0.333 e. The number of hydrogen-bond donors (Lipinski definition) is 2. The van der Waals surface area contributed by atoms with E-state index >= 15 is 0 Å². The van der Waals surface area contributed by atoms with E-state index in [0.29, 0.717) is 24.6 Å². The number of carbonyl (C=O) groups excluding carboxylic acids is 1. The topological polar surface area (TPSA) is 125 Å². The summed E-state index contributed by atoms with van der Waals surface area (Å²) in [7, 11) is 0. The van der Waals surface area contributed by atoms with Crippen molar-refractivity contribution in [2.24, 2.45) is 5.73 Å². The minimum absolute atomic E-state index is 0.0339. The fourth-order valence-electron chi connectivity index (χ4n) is 1.75. The molecule has 0 spiro atoms. The Labute approximate surface area is 116 Å². The molecule has 0 saturated carbocycles. The number of aryl methyl sites for hydroxylation is 2. The van der Waals surface area contributed by atoms with Crippen LogP contribution in [0, 0.1) is 17.0 Å². The van der Waals surface area contributed by atoms with Crippen LogP contribution >= 0.6 is 0 Å². The van der Waals surface area contributed by atoms with E-state index in [4.69, 9.17) is 10.5 Å². The summed E-state index contributed by atoms with van der Waals surface area (Å²) in [5.41, 5.74) is 5.26. The van der Waals surface area contributed by atoms with Crippen molar-refractivity contribution < 1.29 is 14.5 Å². The van der Waals surface area contributed by atoms with Crippen molar-refractivity contribution in [3.63, 3.8) is 0 Å². The number of hydrogen-bond acceptors (Lipinski definition) is 6. The molecule has 1 aromatic heterocycles. The van der Waals surface area contributed by atoms with Gasteiger partial charge in [-0.1, -0.05) is 6.92 Å². The molecule has 0 saturated heterocycles. The third-order valence-corrected chi connectivity index (χ3v) is 2.50. The van der Waals surface area contributed by atoms with Crippen LogP contribution in [-0.4, -0.2) is 40.4 Å². The lowest BCUT2D eigenvalue weighted by Gasteiger charge is -2.08. The SMILES string of the molecule is CCCn1nc(C)c([N+](=O)[O-])c1NCCOCC(N)=O. The molecule has 0 fully saturated rings. The quantitative estimate of drug-likeness (QED) is 0.385. The zero-order chi connectivity index (χ0) is 15.1. The summed E-state index contributed by atoms with van der Waals surface area (Å²) < 4.78 is 6.56. The third-order valence-electron chi connectivity index (χ3n) is 2.50. The van der Waals surface area contributed by atoms with Crippen LogP contribution in [-0.2, 0) is 16.1 Å². The van der Waals surface area contributed by atoms with Gasteiger partial charge < -0.3 is 15.8 Å². The molecule has 3 N–H and O–H groups in total. The zero-order valence-electron chi connectivity index (χ0n) is 11.6. The summed E-state index contributed by atoms with van der Waals surface area (Å²) in [5.74, 6) is -0.195. The van der Waals surface area contributed by atoms with E-state index in [9.17, 15) is 14.9 Å². The molecule has 1 heterocycles. The molecule has 1 aromatic rings. The third kappa shape index (κ3) is 4.19. The summed E-state index contributed by atoms with van der Waals surface area (Å²) >= 11 is 0. The van der Waals surface area contributed by atoms with Crippen molar-refractivity contribution in [3.8, 4) is 0 Å². The van der Waals surface area contributed by atoms with Gasteiger partial charge in [0.2, 0.25) is 11.7 Å². The van der Waals surface area contributed by atoms with Gasteiger partial charge in [0.15, 0.2) is 0 Å². The number of primary amides is 1. The van der Waals surface area contributed by atoms with Gasteiger partial charge in [-0.3, -0.25) is 14.9 Å². The van der Waals surface area contributed by atoms with Crippen LogP contribution in [0.25, 0.3) is 0 Å². The second-order valence-corrected chi connectivity index (χ2v) is 4.21. The van der Waals surface area contributed by atoms with E-state index in [1.54, 1.807) is 11.6 Å². The van der Waals surface area contributed by atoms with Crippen LogP contribution in [0.4, 0.5) is 11.5 Å². The highest BCUT2D eigenvalue weighted by Gasteiger charge is 2.24. The van der Waals surface area contributed by atoms with E-state index in [0.717, 1.165) is 6.42 Å². The molecule has 0 bridgehead atoms. The van der Waals surface area contributed by atoms with Gasteiger partial charge in [0.05, 0.1) is 11.5 Å². The Bertz CT molecular complexity index is 485. The lowest BCUT2D eigenvalue weighted by Crippen LogP contribution is -2.21. The first-order valence-corrected chi connectivity index (χ1v) is 6.29. The Hall–Kier alpha value is -2.16. The molecular formula is C11H19N5O4. The summed E-state index contributed by atoms with van der Waals surface area (Å²) in [6, 6.07) is 0. The number of rotatable bonds is 9. The number of nitro groups is 1. The first-order valence-electron chi connectivity index (χ1n) is 6.29. The summed E-state index contributed by atoms with van der Waals surface area (Å²) in [4.78, 5) is 21.1. The van der Waals surface area contributed by atoms with Crippen LogP contribution in [0.3, 0.4) is 0 Å². The molecule has 9 nitrogen and oxygen atoms in total. The molecule has 0 unspecified atom stereocenters. The van der Waals surface area contributed by atoms with Crippen LogP contribution in [0.5, 0.6) is 0 Å². The molecule has 0 aromatic carbocycles. The monoisotopic (exact) mass is 285 g/mol. The van der Waals surface area contributed by atoms with Crippen molar-refractivity contribution in [1.29, 1.82) is 0 Å². The van der Waals surface area contributed by atoms with Crippen molar-refractivity contribution >= 4 is 17.4 Å². The highest BCUT2D eigenvalue weighted by molar-refractivity contribution is 5.74. The van der Waals surface area contributed by atoms with E-state index in [1.807, 2.05) is 6.92 Å². The Morgan fingerprint density at radius 2 is 2.30 bits per heavy atom. The Morgan fingerprint density at radius 3 is 2.85 bits per heavy atom. The fraction of sp³-hybridized carbons (Fsp3) is 0.636. The van der Waals surface area contributed by atoms with Gasteiger partial charge in [-0.05, 0) is 13.3 Å². The van der Waals surface area contributed by atoms with Gasteiger partial charge in [-0.2, -0.15) is 5.10 Å². The number of nitrogens with zero attached hydrogens (tertiary/aromatic N) is 3. The molecule has 0 atom stereocenters. The van der Waals surface area contributed by atoms with E-state index in [-0.39, 0.29) is 18.9 Å². The molecule has 1 amide bonds. The molecule has 0 aliphatic rings. The first-order chi connectivity index (χ1) is 9.47. The lowest BCUT2D eigenvalue weighted by molar-refractivity contribution is -0.384. The maximum atomic E-state index is 11.1. The van der Waals surface area contributed by atoms with Gasteiger partial charge in [0, 0.05) is 13.1 Å². The molecule has 0 aliphatic carbocycles. The van der Waals surface area contributed by atoms with Crippen molar-refractivity contribution in [1.82, 2.24) is 9.78 Å². The number of ether oxygens (including phenoxy) is 1. The second-order valence-electron chi connectivity index (χ2n) is 4.21. The number of nitrogens with one attached hydrogen (secondary N) is 1. The van der Waals surface area contributed by atoms with Crippen LogP contribution < -0.4 is 11.1 Å².